The van der Waals surface area contributed by atoms with Gasteiger partial charge in [0, 0.05) is 50.5 Å². The van der Waals surface area contributed by atoms with E-state index in [1.165, 1.54) is 5.69 Å². The van der Waals surface area contributed by atoms with Crippen LogP contribution in [0.25, 0.3) is 0 Å². The van der Waals surface area contributed by atoms with E-state index in [1.807, 2.05) is 26.8 Å². The highest BCUT2D eigenvalue weighted by molar-refractivity contribution is 5.96. The number of para-hydroxylation sites is 1. The Hall–Kier alpha value is -2.27. The Morgan fingerprint density at radius 2 is 1.72 bits per heavy atom. The number of benzene rings is 1. The second-order valence-corrected chi connectivity index (χ2v) is 6.63. The summed E-state index contributed by atoms with van der Waals surface area (Å²) in [7, 11) is 0. The topological polar surface area (TPSA) is 48.7 Å². The molecule has 1 aromatic heterocycles. The summed E-state index contributed by atoms with van der Waals surface area (Å²) in [5.74, 6) is 1.48. The Labute approximate surface area is 149 Å². The van der Waals surface area contributed by atoms with Crippen molar-refractivity contribution in [2.24, 2.45) is 0 Å². The van der Waals surface area contributed by atoms with E-state index in [0.29, 0.717) is 17.9 Å². The Kier molecular flexibility index (Phi) is 5.43. The van der Waals surface area contributed by atoms with Crippen molar-refractivity contribution in [1.29, 1.82) is 0 Å². The number of amides is 1. The van der Waals surface area contributed by atoms with Crippen molar-refractivity contribution < 1.29 is 9.21 Å². The molecular weight excluding hydrogens is 314 g/mol. The zero-order chi connectivity index (χ0) is 17.8. The Bertz CT molecular complexity index is 716. The van der Waals surface area contributed by atoms with Gasteiger partial charge >= 0.3 is 0 Å². The van der Waals surface area contributed by atoms with Gasteiger partial charge in [-0.3, -0.25) is 9.69 Å². The summed E-state index contributed by atoms with van der Waals surface area (Å²) < 4.78 is 5.54. The molecule has 1 fully saturated rings. The summed E-state index contributed by atoms with van der Waals surface area (Å²) in [5, 5.41) is 3.03. The lowest BCUT2D eigenvalue weighted by Gasteiger charge is -2.36. The number of hydrogen-bond donors (Lipinski definition) is 1. The van der Waals surface area contributed by atoms with Gasteiger partial charge in [-0.25, -0.2) is 0 Å². The van der Waals surface area contributed by atoms with Crippen molar-refractivity contribution >= 4 is 11.6 Å². The molecule has 1 N–H and O–H groups in total. The molecule has 2 heterocycles. The summed E-state index contributed by atoms with van der Waals surface area (Å²) in [6, 6.07) is 10.5. The molecule has 1 saturated heterocycles. The smallest absolute Gasteiger partial charge is 0.255 e. The van der Waals surface area contributed by atoms with Crippen molar-refractivity contribution in [2.45, 2.75) is 20.8 Å². The van der Waals surface area contributed by atoms with Crippen LogP contribution in [0.4, 0.5) is 5.69 Å². The standard InChI is InChI=1S/C20H27N3O2/c1-15-16(2)25-17(3)19(15)20(24)21-9-10-22-11-13-23(14-12-22)18-7-5-4-6-8-18/h4-8H,9-14H2,1-3H3,(H,21,24). The third-order valence-corrected chi connectivity index (χ3v) is 5.00. The van der Waals surface area contributed by atoms with Crippen LogP contribution in [0.2, 0.25) is 0 Å². The molecular formula is C20H27N3O2. The highest BCUT2D eigenvalue weighted by Crippen LogP contribution is 2.20. The minimum absolute atomic E-state index is 0.0326. The maximum Gasteiger partial charge on any atom is 0.255 e. The van der Waals surface area contributed by atoms with Crippen molar-refractivity contribution in [3.8, 4) is 0 Å². The van der Waals surface area contributed by atoms with Crippen LogP contribution in [-0.4, -0.2) is 50.1 Å². The largest absolute Gasteiger partial charge is 0.466 e. The molecule has 134 valence electrons. The third-order valence-electron chi connectivity index (χ3n) is 5.00. The van der Waals surface area contributed by atoms with Gasteiger partial charge in [0.15, 0.2) is 0 Å². The molecule has 0 spiro atoms. The first-order valence-electron chi connectivity index (χ1n) is 8.93. The SMILES string of the molecule is Cc1oc(C)c(C(=O)NCCN2CCN(c3ccccc3)CC2)c1C. The maximum absolute atomic E-state index is 12.4. The fraction of sp³-hybridized carbons (Fsp3) is 0.450. The van der Waals surface area contributed by atoms with Gasteiger partial charge in [-0.2, -0.15) is 0 Å². The summed E-state index contributed by atoms with van der Waals surface area (Å²) in [6.07, 6.45) is 0. The fourth-order valence-corrected chi connectivity index (χ4v) is 3.41. The molecule has 0 unspecified atom stereocenters. The lowest BCUT2D eigenvalue weighted by atomic mass is 10.1. The van der Waals surface area contributed by atoms with Crippen LogP contribution in [0.5, 0.6) is 0 Å². The van der Waals surface area contributed by atoms with Gasteiger partial charge in [0.2, 0.25) is 0 Å². The normalized spacial score (nSPS) is 15.4. The van der Waals surface area contributed by atoms with E-state index >= 15 is 0 Å². The number of nitrogens with zero attached hydrogens (tertiary/aromatic N) is 2. The van der Waals surface area contributed by atoms with E-state index in [9.17, 15) is 4.79 Å². The predicted molar refractivity (Wildman–Crippen MR) is 100 cm³/mol. The first-order valence-corrected chi connectivity index (χ1v) is 8.93. The maximum atomic E-state index is 12.4. The molecule has 0 saturated carbocycles. The van der Waals surface area contributed by atoms with Gasteiger partial charge < -0.3 is 14.6 Å². The number of carbonyl (C=O) groups is 1. The van der Waals surface area contributed by atoms with Crippen molar-refractivity contribution in [3.05, 3.63) is 53.0 Å². The molecule has 1 amide bonds. The fourth-order valence-electron chi connectivity index (χ4n) is 3.41. The van der Waals surface area contributed by atoms with Gasteiger partial charge in [0.05, 0.1) is 5.56 Å². The van der Waals surface area contributed by atoms with Crippen LogP contribution < -0.4 is 10.2 Å². The highest BCUT2D eigenvalue weighted by Gasteiger charge is 2.19. The number of nitrogens with one attached hydrogen (secondary N) is 1. The van der Waals surface area contributed by atoms with E-state index < -0.39 is 0 Å². The van der Waals surface area contributed by atoms with Gasteiger partial charge in [-0.05, 0) is 32.9 Å². The monoisotopic (exact) mass is 341 g/mol. The summed E-state index contributed by atoms with van der Waals surface area (Å²) >= 11 is 0. The highest BCUT2D eigenvalue weighted by atomic mass is 16.3. The number of aryl methyl sites for hydroxylation is 2. The molecule has 0 bridgehead atoms. The average Bonchev–Trinajstić information content (AvgIpc) is 2.88. The predicted octanol–water partition coefficient (Wildman–Crippen LogP) is 2.76. The van der Waals surface area contributed by atoms with Crippen LogP contribution in [0.3, 0.4) is 0 Å². The van der Waals surface area contributed by atoms with Crippen LogP contribution in [0.15, 0.2) is 34.7 Å². The zero-order valence-electron chi connectivity index (χ0n) is 15.3. The Balaban J connectivity index is 1.44. The number of carbonyl (C=O) groups excluding carboxylic acids is 1. The third kappa shape index (κ3) is 4.04. The molecule has 0 aliphatic carbocycles. The van der Waals surface area contributed by atoms with Gasteiger partial charge in [0.25, 0.3) is 5.91 Å². The molecule has 0 atom stereocenters. The summed E-state index contributed by atoms with van der Waals surface area (Å²) in [4.78, 5) is 17.2. The van der Waals surface area contributed by atoms with E-state index in [0.717, 1.165) is 44.0 Å². The first-order chi connectivity index (χ1) is 12.1. The van der Waals surface area contributed by atoms with Crippen molar-refractivity contribution in [1.82, 2.24) is 10.2 Å². The average molecular weight is 341 g/mol. The zero-order valence-corrected chi connectivity index (χ0v) is 15.3. The van der Waals surface area contributed by atoms with Crippen molar-refractivity contribution in [3.63, 3.8) is 0 Å². The van der Waals surface area contributed by atoms with E-state index in [4.69, 9.17) is 4.42 Å². The Morgan fingerprint density at radius 1 is 1.04 bits per heavy atom. The number of furan rings is 1. The Morgan fingerprint density at radius 3 is 2.32 bits per heavy atom. The quantitative estimate of drug-likeness (QED) is 0.908. The van der Waals surface area contributed by atoms with Gasteiger partial charge in [-0.15, -0.1) is 0 Å². The second kappa shape index (κ2) is 7.74. The molecule has 25 heavy (non-hydrogen) atoms. The molecule has 3 rings (SSSR count). The molecule has 1 aromatic carbocycles. The molecule has 1 aliphatic rings. The van der Waals surface area contributed by atoms with Gasteiger partial charge in [-0.1, -0.05) is 18.2 Å². The molecule has 2 aromatic rings. The van der Waals surface area contributed by atoms with Crippen LogP contribution in [0.1, 0.15) is 27.4 Å². The number of rotatable bonds is 5. The lowest BCUT2D eigenvalue weighted by Crippen LogP contribution is -2.48. The number of anilines is 1. The second-order valence-electron chi connectivity index (χ2n) is 6.63. The molecule has 0 radical (unpaired) electrons. The van der Waals surface area contributed by atoms with E-state index in [1.54, 1.807) is 0 Å². The van der Waals surface area contributed by atoms with Crippen LogP contribution >= 0.6 is 0 Å². The van der Waals surface area contributed by atoms with Gasteiger partial charge in [0.1, 0.15) is 11.5 Å². The minimum Gasteiger partial charge on any atom is -0.466 e. The lowest BCUT2D eigenvalue weighted by molar-refractivity contribution is 0.0945. The van der Waals surface area contributed by atoms with Crippen LogP contribution in [-0.2, 0) is 0 Å². The summed E-state index contributed by atoms with van der Waals surface area (Å²) in [6.45, 7) is 11.3. The number of hydrogen-bond acceptors (Lipinski definition) is 4. The van der Waals surface area contributed by atoms with Crippen molar-refractivity contribution in [2.75, 3.05) is 44.2 Å². The molecule has 1 aliphatic heterocycles. The van der Waals surface area contributed by atoms with E-state index in [2.05, 4.69) is 39.4 Å². The molecule has 5 heteroatoms. The number of piperazine rings is 1. The van der Waals surface area contributed by atoms with Crippen LogP contribution in [0, 0.1) is 20.8 Å². The van der Waals surface area contributed by atoms with E-state index in [-0.39, 0.29) is 5.91 Å². The minimum atomic E-state index is -0.0326. The first kappa shape index (κ1) is 17.5. The summed E-state index contributed by atoms with van der Waals surface area (Å²) in [5.41, 5.74) is 2.91. The molecule has 5 nitrogen and oxygen atoms in total.